The number of ether oxygens (including phenoxy) is 1. The highest BCUT2D eigenvalue weighted by Crippen LogP contribution is 2.29. The minimum Gasteiger partial charge on any atom is -0.486 e. The van der Waals surface area contributed by atoms with Crippen molar-refractivity contribution in [3.8, 4) is 5.75 Å². The zero-order valence-electron chi connectivity index (χ0n) is 18.6. The van der Waals surface area contributed by atoms with Gasteiger partial charge in [0.05, 0.1) is 28.6 Å². The van der Waals surface area contributed by atoms with Gasteiger partial charge in [-0.1, -0.05) is 50.5 Å². The van der Waals surface area contributed by atoms with Crippen molar-refractivity contribution in [2.75, 3.05) is 6.61 Å². The summed E-state index contributed by atoms with van der Waals surface area (Å²) in [6.45, 7) is 10.1. The maximum Gasteiger partial charge on any atom is 0.311 e. The molecule has 0 saturated heterocycles. The lowest BCUT2D eigenvalue weighted by molar-refractivity contribution is -0.386. The third kappa shape index (κ3) is 5.40. The first-order valence-corrected chi connectivity index (χ1v) is 10.9. The minimum atomic E-state index is -0.490. The van der Waals surface area contributed by atoms with E-state index in [1.54, 1.807) is 24.3 Å². The molecule has 2 aromatic carbocycles. The fourth-order valence-corrected chi connectivity index (χ4v) is 3.31. The SMILES string of the molecule is CC(C)c1nc2ccc(Br)cc2c(=O)n1N=Cc1ccc(OCC(C)(C)C)c([N+](=O)[O-])c1. The van der Waals surface area contributed by atoms with Gasteiger partial charge in [-0.3, -0.25) is 14.9 Å². The van der Waals surface area contributed by atoms with Crippen molar-refractivity contribution >= 4 is 38.7 Å². The Labute approximate surface area is 194 Å². The minimum absolute atomic E-state index is 0.0598. The van der Waals surface area contributed by atoms with Crippen LogP contribution in [0.4, 0.5) is 5.69 Å². The van der Waals surface area contributed by atoms with Crippen LogP contribution in [0.1, 0.15) is 51.9 Å². The molecule has 0 fully saturated rings. The molecule has 0 aliphatic carbocycles. The zero-order chi connectivity index (χ0) is 23.6. The number of halogens is 1. The second-order valence-corrected chi connectivity index (χ2v) is 9.90. The topological polar surface area (TPSA) is 99.6 Å². The lowest BCUT2D eigenvalue weighted by atomic mass is 9.99. The largest absolute Gasteiger partial charge is 0.486 e. The summed E-state index contributed by atoms with van der Waals surface area (Å²) < 4.78 is 7.66. The average Bonchev–Trinajstić information content (AvgIpc) is 2.71. The molecule has 0 spiro atoms. The van der Waals surface area contributed by atoms with Crippen molar-refractivity contribution in [2.45, 2.75) is 40.5 Å². The molecule has 0 saturated carbocycles. The summed E-state index contributed by atoms with van der Waals surface area (Å²) in [7, 11) is 0. The average molecular weight is 501 g/mol. The molecular weight excluding hydrogens is 476 g/mol. The van der Waals surface area contributed by atoms with Crippen LogP contribution < -0.4 is 10.3 Å². The molecule has 0 aliphatic heterocycles. The molecule has 0 radical (unpaired) electrons. The van der Waals surface area contributed by atoms with E-state index in [1.165, 1.54) is 17.0 Å². The molecule has 9 heteroatoms. The molecule has 0 N–H and O–H groups in total. The number of nitro benzene ring substituents is 1. The van der Waals surface area contributed by atoms with Crippen LogP contribution in [-0.2, 0) is 0 Å². The number of aromatic nitrogens is 2. The fraction of sp³-hybridized carbons (Fsp3) is 0.348. The first-order chi connectivity index (χ1) is 15.0. The summed E-state index contributed by atoms with van der Waals surface area (Å²) in [5.74, 6) is 0.635. The maximum atomic E-state index is 13.1. The second-order valence-electron chi connectivity index (χ2n) is 8.98. The molecule has 3 rings (SSSR count). The second kappa shape index (κ2) is 9.20. The highest BCUT2D eigenvalue weighted by molar-refractivity contribution is 9.10. The zero-order valence-corrected chi connectivity index (χ0v) is 20.2. The van der Waals surface area contributed by atoms with Crippen LogP contribution in [0.15, 0.2) is 50.8 Å². The van der Waals surface area contributed by atoms with Crippen LogP contribution in [0.3, 0.4) is 0 Å². The maximum absolute atomic E-state index is 13.1. The van der Waals surface area contributed by atoms with E-state index in [9.17, 15) is 14.9 Å². The Kier molecular flexibility index (Phi) is 6.78. The predicted octanol–water partition coefficient (Wildman–Crippen LogP) is 5.50. The molecule has 8 nitrogen and oxygen atoms in total. The Morgan fingerprint density at radius 1 is 1.25 bits per heavy atom. The van der Waals surface area contributed by atoms with Gasteiger partial charge in [-0.25, -0.2) is 4.98 Å². The molecule has 0 unspecified atom stereocenters. The lowest BCUT2D eigenvalue weighted by Gasteiger charge is -2.18. The van der Waals surface area contributed by atoms with E-state index >= 15 is 0 Å². The molecule has 32 heavy (non-hydrogen) atoms. The number of hydrogen-bond acceptors (Lipinski definition) is 6. The fourth-order valence-electron chi connectivity index (χ4n) is 2.95. The summed E-state index contributed by atoms with van der Waals surface area (Å²) >= 11 is 3.38. The van der Waals surface area contributed by atoms with Crippen molar-refractivity contribution in [2.24, 2.45) is 10.5 Å². The van der Waals surface area contributed by atoms with Gasteiger partial charge in [-0.15, -0.1) is 0 Å². The van der Waals surface area contributed by atoms with Gasteiger partial charge in [-0.05, 0) is 35.7 Å². The van der Waals surface area contributed by atoms with Crippen LogP contribution in [0.5, 0.6) is 5.75 Å². The van der Waals surface area contributed by atoms with E-state index in [2.05, 4.69) is 26.0 Å². The third-order valence-electron chi connectivity index (χ3n) is 4.51. The highest BCUT2D eigenvalue weighted by atomic mass is 79.9. The van der Waals surface area contributed by atoms with Crippen LogP contribution >= 0.6 is 15.9 Å². The predicted molar refractivity (Wildman–Crippen MR) is 129 cm³/mol. The summed E-state index contributed by atoms with van der Waals surface area (Å²) in [5.41, 5.74) is 0.451. The van der Waals surface area contributed by atoms with Gasteiger partial charge in [0.1, 0.15) is 5.82 Å². The van der Waals surface area contributed by atoms with Crippen molar-refractivity contribution in [3.63, 3.8) is 0 Å². The Hall–Kier alpha value is -3.07. The molecule has 0 amide bonds. The summed E-state index contributed by atoms with van der Waals surface area (Å²) in [5, 5.41) is 16.3. The lowest BCUT2D eigenvalue weighted by Crippen LogP contribution is -2.23. The highest BCUT2D eigenvalue weighted by Gasteiger charge is 2.19. The standard InChI is InChI=1S/C23H25BrN4O4/c1-14(2)21-26-18-8-7-16(24)11-17(18)22(29)27(21)25-12-15-6-9-20(19(10-15)28(30)31)32-13-23(3,4)5/h6-12,14H,13H2,1-5H3. The first kappa shape index (κ1) is 23.6. The number of rotatable bonds is 6. The van der Waals surface area contributed by atoms with Gasteiger partial charge >= 0.3 is 5.69 Å². The van der Waals surface area contributed by atoms with E-state index in [0.717, 1.165) is 4.47 Å². The number of nitrogens with zero attached hydrogens (tertiary/aromatic N) is 4. The quantitative estimate of drug-likeness (QED) is 0.252. The number of benzene rings is 2. The van der Waals surface area contributed by atoms with Gasteiger partial charge in [-0.2, -0.15) is 9.78 Å². The Morgan fingerprint density at radius 2 is 1.97 bits per heavy atom. The van der Waals surface area contributed by atoms with Gasteiger partial charge < -0.3 is 4.74 Å². The van der Waals surface area contributed by atoms with Crippen molar-refractivity contribution in [3.05, 3.63) is 72.7 Å². The molecule has 0 bridgehead atoms. The van der Waals surface area contributed by atoms with Crippen molar-refractivity contribution < 1.29 is 9.66 Å². The van der Waals surface area contributed by atoms with Gasteiger partial charge in [0.15, 0.2) is 5.75 Å². The Balaban J connectivity index is 2.04. The molecule has 0 aliphatic rings. The molecule has 1 aromatic heterocycles. The van der Waals surface area contributed by atoms with Crippen molar-refractivity contribution in [1.29, 1.82) is 0 Å². The summed E-state index contributed by atoms with van der Waals surface area (Å²) in [4.78, 5) is 28.8. The number of nitro groups is 1. The van der Waals surface area contributed by atoms with E-state index in [1.807, 2.05) is 40.7 Å². The molecule has 3 aromatic rings. The van der Waals surface area contributed by atoms with Crippen LogP contribution in [0.2, 0.25) is 0 Å². The van der Waals surface area contributed by atoms with Crippen molar-refractivity contribution in [1.82, 2.24) is 9.66 Å². The first-order valence-electron chi connectivity index (χ1n) is 10.1. The Morgan fingerprint density at radius 3 is 2.59 bits per heavy atom. The smallest absolute Gasteiger partial charge is 0.311 e. The van der Waals surface area contributed by atoms with Gasteiger partial charge in [0.25, 0.3) is 5.56 Å². The molecular formula is C23H25BrN4O4. The summed E-state index contributed by atoms with van der Waals surface area (Å²) in [6.07, 6.45) is 1.42. The monoisotopic (exact) mass is 500 g/mol. The number of hydrogen-bond donors (Lipinski definition) is 0. The van der Waals surface area contributed by atoms with Crippen LogP contribution in [0.25, 0.3) is 10.9 Å². The van der Waals surface area contributed by atoms with Gasteiger partial charge in [0.2, 0.25) is 0 Å². The molecule has 0 atom stereocenters. The molecule has 168 valence electrons. The number of fused-ring (bicyclic) bond motifs is 1. The van der Waals surface area contributed by atoms with Gasteiger partial charge in [0, 0.05) is 22.0 Å². The third-order valence-corrected chi connectivity index (χ3v) is 5.01. The van der Waals surface area contributed by atoms with Crippen LogP contribution in [0, 0.1) is 15.5 Å². The normalized spacial score (nSPS) is 12.1. The van der Waals surface area contributed by atoms with E-state index in [4.69, 9.17) is 4.74 Å². The van der Waals surface area contributed by atoms with Crippen LogP contribution in [-0.4, -0.2) is 27.4 Å². The van der Waals surface area contributed by atoms with E-state index in [-0.39, 0.29) is 28.3 Å². The molecule has 1 heterocycles. The van der Waals surface area contributed by atoms with E-state index in [0.29, 0.717) is 28.9 Å². The van der Waals surface area contributed by atoms with E-state index < -0.39 is 4.92 Å². The summed E-state index contributed by atoms with van der Waals surface area (Å²) in [6, 6.07) is 9.90. The Bertz CT molecular complexity index is 1260.